The Morgan fingerprint density at radius 2 is 1.67 bits per heavy atom. The number of carbonyl (C=O) groups is 2. The zero-order valence-electron chi connectivity index (χ0n) is 20.1. The third-order valence-corrected chi connectivity index (χ3v) is 7.84. The summed E-state index contributed by atoms with van der Waals surface area (Å²) >= 11 is 0. The second kappa shape index (κ2) is 11.0. The van der Waals surface area contributed by atoms with Gasteiger partial charge in [0.2, 0.25) is 11.8 Å². The van der Waals surface area contributed by atoms with E-state index in [1.165, 1.54) is 0 Å². The third kappa shape index (κ3) is 8.39. The van der Waals surface area contributed by atoms with E-state index in [4.69, 9.17) is 0 Å². The zero-order valence-corrected chi connectivity index (χ0v) is 20.9. The standard InChI is InChI=1S/C24H38N4O4S/c1-24(2,3)25-22(29)17-26-11-7-12-27(14-13-26)18-23(30)28(16-20-8-5-4-6-9-20)21-10-15-33(31,32)19-21/h4-6,8-9,21H,7,10-19H2,1-3H3,(H,25,29). The summed E-state index contributed by atoms with van der Waals surface area (Å²) in [6.07, 6.45) is 1.38. The van der Waals surface area contributed by atoms with Crippen molar-refractivity contribution < 1.29 is 18.0 Å². The van der Waals surface area contributed by atoms with Crippen LogP contribution < -0.4 is 5.32 Å². The molecule has 0 aromatic heterocycles. The fourth-order valence-corrected chi connectivity index (χ4v) is 6.24. The molecule has 0 saturated carbocycles. The van der Waals surface area contributed by atoms with E-state index >= 15 is 0 Å². The summed E-state index contributed by atoms with van der Waals surface area (Å²) in [7, 11) is -3.09. The normalized spacial score (nSPS) is 22.0. The molecule has 2 aliphatic rings. The molecule has 1 aromatic rings. The molecule has 2 aliphatic heterocycles. The van der Waals surface area contributed by atoms with Crippen molar-refractivity contribution in [3.8, 4) is 0 Å². The second-order valence-corrected chi connectivity index (χ2v) is 12.5. The first-order chi connectivity index (χ1) is 15.5. The average molecular weight is 479 g/mol. The Bertz CT molecular complexity index is 914. The first-order valence-corrected chi connectivity index (χ1v) is 13.6. The van der Waals surface area contributed by atoms with Crippen LogP contribution >= 0.6 is 0 Å². The van der Waals surface area contributed by atoms with E-state index in [-0.39, 0.29) is 41.4 Å². The van der Waals surface area contributed by atoms with Gasteiger partial charge in [-0.2, -0.15) is 0 Å². The molecule has 33 heavy (non-hydrogen) atoms. The van der Waals surface area contributed by atoms with Gasteiger partial charge in [-0.15, -0.1) is 0 Å². The highest BCUT2D eigenvalue weighted by molar-refractivity contribution is 7.91. The van der Waals surface area contributed by atoms with E-state index in [0.717, 1.165) is 31.6 Å². The maximum atomic E-state index is 13.4. The number of carbonyl (C=O) groups excluding carboxylic acids is 2. The number of hydrogen-bond donors (Lipinski definition) is 1. The van der Waals surface area contributed by atoms with Crippen LogP contribution in [-0.4, -0.2) is 97.3 Å². The summed E-state index contributed by atoms with van der Waals surface area (Å²) in [6, 6.07) is 9.46. The molecule has 0 bridgehead atoms. The van der Waals surface area contributed by atoms with Crippen molar-refractivity contribution in [3.63, 3.8) is 0 Å². The molecule has 2 fully saturated rings. The topological polar surface area (TPSA) is 90.0 Å². The fourth-order valence-electron chi connectivity index (χ4n) is 4.51. The molecule has 0 aliphatic carbocycles. The van der Waals surface area contributed by atoms with Crippen LogP contribution in [0, 0.1) is 0 Å². The number of benzene rings is 1. The average Bonchev–Trinajstić information content (AvgIpc) is 2.93. The van der Waals surface area contributed by atoms with E-state index in [0.29, 0.717) is 26.1 Å². The molecule has 2 saturated heterocycles. The molecule has 184 valence electrons. The Morgan fingerprint density at radius 1 is 1.03 bits per heavy atom. The Morgan fingerprint density at radius 3 is 2.24 bits per heavy atom. The molecule has 2 amide bonds. The van der Waals surface area contributed by atoms with Gasteiger partial charge in [0.15, 0.2) is 9.84 Å². The number of rotatable bonds is 7. The van der Waals surface area contributed by atoms with E-state index in [1.54, 1.807) is 4.90 Å². The van der Waals surface area contributed by atoms with Crippen molar-refractivity contribution in [3.05, 3.63) is 35.9 Å². The van der Waals surface area contributed by atoms with Crippen LogP contribution in [0.15, 0.2) is 30.3 Å². The van der Waals surface area contributed by atoms with Crippen molar-refractivity contribution in [2.24, 2.45) is 0 Å². The van der Waals surface area contributed by atoms with Gasteiger partial charge in [-0.1, -0.05) is 30.3 Å². The minimum atomic E-state index is -3.09. The largest absolute Gasteiger partial charge is 0.350 e. The number of hydrogen-bond acceptors (Lipinski definition) is 6. The summed E-state index contributed by atoms with van der Waals surface area (Å²) in [5.41, 5.74) is 0.749. The third-order valence-electron chi connectivity index (χ3n) is 6.09. The van der Waals surface area contributed by atoms with E-state index in [9.17, 15) is 18.0 Å². The lowest BCUT2D eigenvalue weighted by molar-refractivity contribution is -0.135. The van der Waals surface area contributed by atoms with E-state index in [1.807, 2.05) is 51.1 Å². The molecular formula is C24H38N4O4S. The van der Waals surface area contributed by atoms with Crippen LogP contribution in [0.1, 0.15) is 39.2 Å². The van der Waals surface area contributed by atoms with Gasteiger partial charge >= 0.3 is 0 Å². The smallest absolute Gasteiger partial charge is 0.237 e. The van der Waals surface area contributed by atoms with Crippen molar-refractivity contribution >= 4 is 21.7 Å². The lowest BCUT2D eigenvalue weighted by Gasteiger charge is -2.31. The maximum absolute atomic E-state index is 13.4. The quantitative estimate of drug-likeness (QED) is 0.632. The van der Waals surface area contributed by atoms with Gasteiger partial charge in [0.1, 0.15) is 0 Å². The molecule has 2 heterocycles. The highest BCUT2D eigenvalue weighted by Crippen LogP contribution is 2.21. The summed E-state index contributed by atoms with van der Waals surface area (Å²) in [6.45, 7) is 9.99. The summed E-state index contributed by atoms with van der Waals surface area (Å²) in [4.78, 5) is 31.7. The van der Waals surface area contributed by atoms with Crippen molar-refractivity contribution in [1.82, 2.24) is 20.0 Å². The van der Waals surface area contributed by atoms with Gasteiger partial charge in [-0.3, -0.25) is 19.4 Å². The molecule has 1 unspecified atom stereocenters. The summed E-state index contributed by atoms with van der Waals surface area (Å²) in [5, 5.41) is 3.00. The predicted octanol–water partition coefficient (Wildman–Crippen LogP) is 1.12. The first-order valence-electron chi connectivity index (χ1n) is 11.8. The highest BCUT2D eigenvalue weighted by Gasteiger charge is 2.35. The van der Waals surface area contributed by atoms with E-state index < -0.39 is 9.84 Å². The predicted molar refractivity (Wildman–Crippen MR) is 129 cm³/mol. The summed E-state index contributed by atoms with van der Waals surface area (Å²) < 4.78 is 24.2. The molecule has 9 heteroatoms. The number of nitrogens with zero attached hydrogens (tertiary/aromatic N) is 3. The van der Waals surface area contributed by atoms with Gasteiger partial charge in [-0.05, 0) is 52.3 Å². The molecule has 1 atom stereocenters. The monoisotopic (exact) mass is 478 g/mol. The van der Waals surface area contributed by atoms with Crippen molar-refractivity contribution in [2.75, 3.05) is 50.8 Å². The molecule has 1 aromatic carbocycles. The van der Waals surface area contributed by atoms with Crippen LogP contribution in [0.2, 0.25) is 0 Å². The lowest BCUT2D eigenvalue weighted by Crippen LogP contribution is -2.47. The van der Waals surface area contributed by atoms with Gasteiger partial charge in [0.05, 0.1) is 24.6 Å². The van der Waals surface area contributed by atoms with Gasteiger partial charge < -0.3 is 10.2 Å². The number of sulfone groups is 1. The fraction of sp³-hybridized carbons (Fsp3) is 0.667. The molecule has 8 nitrogen and oxygen atoms in total. The number of amides is 2. The lowest BCUT2D eigenvalue weighted by atomic mass is 10.1. The Hall–Kier alpha value is -1.97. The van der Waals surface area contributed by atoms with Crippen molar-refractivity contribution in [2.45, 2.75) is 51.7 Å². The molecule has 0 spiro atoms. The van der Waals surface area contributed by atoms with Gasteiger partial charge in [0, 0.05) is 31.2 Å². The van der Waals surface area contributed by atoms with Crippen LogP contribution in [0.4, 0.5) is 0 Å². The van der Waals surface area contributed by atoms with Gasteiger partial charge in [0.25, 0.3) is 0 Å². The molecular weight excluding hydrogens is 440 g/mol. The Balaban J connectivity index is 1.59. The molecule has 1 N–H and O–H groups in total. The van der Waals surface area contributed by atoms with Crippen LogP contribution in [0.3, 0.4) is 0 Å². The van der Waals surface area contributed by atoms with Crippen LogP contribution in [0.5, 0.6) is 0 Å². The number of nitrogens with one attached hydrogen (secondary N) is 1. The first kappa shape index (κ1) is 25.6. The minimum absolute atomic E-state index is 0.0171. The Labute approximate surface area is 198 Å². The molecule has 0 radical (unpaired) electrons. The van der Waals surface area contributed by atoms with Crippen LogP contribution in [-0.2, 0) is 26.0 Å². The maximum Gasteiger partial charge on any atom is 0.237 e. The van der Waals surface area contributed by atoms with Crippen LogP contribution in [0.25, 0.3) is 0 Å². The Kier molecular flexibility index (Phi) is 8.53. The second-order valence-electron chi connectivity index (χ2n) is 10.3. The van der Waals surface area contributed by atoms with Crippen molar-refractivity contribution in [1.29, 1.82) is 0 Å². The highest BCUT2D eigenvalue weighted by atomic mass is 32.2. The van der Waals surface area contributed by atoms with E-state index in [2.05, 4.69) is 15.1 Å². The minimum Gasteiger partial charge on any atom is -0.350 e. The SMILES string of the molecule is CC(C)(C)NC(=O)CN1CCCN(CC(=O)N(Cc2ccccc2)C2CCS(=O)(=O)C2)CC1. The summed E-state index contributed by atoms with van der Waals surface area (Å²) in [5.74, 6) is 0.178. The molecule has 3 rings (SSSR count). The van der Waals surface area contributed by atoms with Gasteiger partial charge in [-0.25, -0.2) is 8.42 Å². The zero-order chi connectivity index (χ0) is 24.1.